The van der Waals surface area contributed by atoms with Gasteiger partial charge in [-0.2, -0.15) is 0 Å². The zero-order valence-electron chi connectivity index (χ0n) is 12.6. The molecule has 120 valence electrons. The number of benzene rings is 1. The summed E-state index contributed by atoms with van der Waals surface area (Å²) in [6.45, 7) is 2.71. The van der Waals surface area contributed by atoms with Crippen LogP contribution >= 0.6 is 0 Å². The molecule has 2 atom stereocenters. The number of carbonyl (C=O) groups is 2. The Bertz CT molecular complexity index is 709. The van der Waals surface area contributed by atoms with E-state index in [1.54, 1.807) is 4.90 Å². The summed E-state index contributed by atoms with van der Waals surface area (Å²) in [7, 11) is 0. The number of furan rings is 1. The second-order valence-electron chi connectivity index (χ2n) is 5.53. The van der Waals surface area contributed by atoms with Crippen LogP contribution in [-0.4, -0.2) is 41.1 Å². The van der Waals surface area contributed by atoms with Crippen molar-refractivity contribution in [2.24, 2.45) is 0 Å². The molecular formula is C17H17NO5. The summed E-state index contributed by atoms with van der Waals surface area (Å²) in [4.78, 5) is 25.4. The third kappa shape index (κ3) is 3.12. The lowest BCUT2D eigenvalue weighted by Gasteiger charge is -2.38. The predicted octanol–water partition coefficient (Wildman–Crippen LogP) is 2.58. The molecule has 2 unspecified atom stereocenters. The number of nitrogens with zero attached hydrogens (tertiary/aromatic N) is 1. The Hall–Kier alpha value is -2.60. The SMILES string of the molecule is CC1CN(C(=O)c2cc(C(=O)O)co2)C(c2ccccc2)CO1. The molecule has 1 aliphatic rings. The first-order valence-electron chi connectivity index (χ1n) is 7.35. The zero-order valence-corrected chi connectivity index (χ0v) is 12.6. The second-order valence-corrected chi connectivity index (χ2v) is 5.53. The Kier molecular flexibility index (Phi) is 4.16. The fourth-order valence-corrected chi connectivity index (χ4v) is 2.68. The van der Waals surface area contributed by atoms with Gasteiger partial charge in [0.2, 0.25) is 0 Å². The predicted molar refractivity (Wildman–Crippen MR) is 81.3 cm³/mol. The fourth-order valence-electron chi connectivity index (χ4n) is 2.68. The van der Waals surface area contributed by atoms with Gasteiger partial charge in [0.25, 0.3) is 5.91 Å². The Labute approximate surface area is 133 Å². The van der Waals surface area contributed by atoms with Gasteiger partial charge >= 0.3 is 5.97 Å². The van der Waals surface area contributed by atoms with E-state index in [2.05, 4.69) is 0 Å². The molecule has 1 N–H and O–H groups in total. The number of hydrogen-bond donors (Lipinski definition) is 1. The van der Waals surface area contributed by atoms with Crippen LogP contribution in [0.3, 0.4) is 0 Å². The van der Waals surface area contributed by atoms with E-state index < -0.39 is 5.97 Å². The van der Waals surface area contributed by atoms with E-state index in [1.165, 1.54) is 6.07 Å². The molecule has 1 fully saturated rings. The maximum atomic E-state index is 12.7. The average Bonchev–Trinajstić information content (AvgIpc) is 3.05. The maximum absolute atomic E-state index is 12.7. The Balaban J connectivity index is 1.89. The summed E-state index contributed by atoms with van der Waals surface area (Å²) in [5.41, 5.74) is 0.934. The van der Waals surface area contributed by atoms with Crippen molar-refractivity contribution in [3.8, 4) is 0 Å². The summed E-state index contributed by atoms with van der Waals surface area (Å²) < 4.78 is 10.8. The molecule has 1 amide bonds. The summed E-state index contributed by atoms with van der Waals surface area (Å²) in [5, 5.41) is 8.96. The third-order valence-corrected chi connectivity index (χ3v) is 3.87. The van der Waals surface area contributed by atoms with Crippen LogP contribution in [0.15, 0.2) is 47.1 Å². The summed E-state index contributed by atoms with van der Waals surface area (Å²) in [6.07, 6.45) is 0.990. The number of rotatable bonds is 3. The highest BCUT2D eigenvalue weighted by Crippen LogP contribution is 2.28. The molecule has 0 bridgehead atoms. The number of amides is 1. The molecule has 2 aromatic rings. The largest absolute Gasteiger partial charge is 0.478 e. The molecule has 0 spiro atoms. The fraction of sp³-hybridized carbons (Fsp3) is 0.294. The topological polar surface area (TPSA) is 80.0 Å². The van der Waals surface area contributed by atoms with Crippen LogP contribution in [0.5, 0.6) is 0 Å². The molecule has 1 aromatic carbocycles. The highest BCUT2D eigenvalue weighted by Gasteiger charge is 2.33. The van der Waals surface area contributed by atoms with Crippen LogP contribution in [0.2, 0.25) is 0 Å². The number of carbonyl (C=O) groups excluding carboxylic acids is 1. The van der Waals surface area contributed by atoms with Crippen LogP contribution < -0.4 is 0 Å². The van der Waals surface area contributed by atoms with E-state index in [-0.39, 0.29) is 29.4 Å². The molecule has 1 saturated heterocycles. The van der Waals surface area contributed by atoms with Gasteiger partial charge in [-0.25, -0.2) is 4.79 Å². The van der Waals surface area contributed by atoms with Crippen molar-refractivity contribution >= 4 is 11.9 Å². The first-order valence-corrected chi connectivity index (χ1v) is 7.35. The van der Waals surface area contributed by atoms with Crippen LogP contribution in [-0.2, 0) is 4.74 Å². The molecule has 1 aliphatic heterocycles. The molecule has 3 rings (SSSR count). The van der Waals surface area contributed by atoms with Gasteiger partial charge in [-0.3, -0.25) is 4.79 Å². The van der Waals surface area contributed by atoms with Crippen LogP contribution in [0, 0.1) is 0 Å². The van der Waals surface area contributed by atoms with Gasteiger partial charge in [0.1, 0.15) is 6.26 Å². The first kappa shape index (κ1) is 15.3. The average molecular weight is 315 g/mol. The molecule has 0 saturated carbocycles. The second kappa shape index (κ2) is 6.26. The van der Waals surface area contributed by atoms with Crippen molar-refractivity contribution in [3.05, 3.63) is 59.5 Å². The van der Waals surface area contributed by atoms with Gasteiger partial charge in [0.15, 0.2) is 5.76 Å². The highest BCUT2D eigenvalue weighted by atomic mass is 16.5. The molecule has 23 heavy (non-hydrogen) atoms. The zero-order chi connectivity index (χ0) is 16.4. The van der Waals surface area contributed by atoms with E-state index >= 15 is 0 Å². The minimum atomic E-state index is -1.12. The van der Waals surface area contributed by atoms with Crippen molar-refractivity contribution in [2.75, 3.05) is 13.2 Å². The minimum absolute atomic E-state index is 0.0254. The molecule has 0 aliphatic carbocycles. The number of aromatic carboxylic acids is 1. The van der Waals surface area contributed by atoms with Crippen molar-refractivity contribution in [2.45, 2.75) is 19.1 Å². The number of carboxylic acid groups (broad SMARTS) is 1. The lowest BCUT2D eigenvalue weighted by Crippen LogP contribution is -2.46. The molecule has 6 heteroatoms. The van der Waals surface area contributed by atoms with Crippen molar-refractivity contribution in [1.29, 1.82) is 0 Å². The van der Waals surface area contributed by atoms with Gasteiger partial charge in [-0.15, -0.1) is 0 Å². The third-order valence-electron chi connectivity index (χ3n) is 3.87. The first-order chi connectivity index (χ1) is 11.1. The van der Waals surface area contributed by atoms with Crippen molar-refractivity contribution in [3.63, 3.8) is 0 Å². The van der Waals surface area contributed by atoms with Gasteiger partial charge < -0.3 is 19.2 Å². The quantitative estimate of drug-likeness (QED) is 0.941. The lowest BCUT2D eigenvalue weighted by molar-refractivity contribution is -0.0456. The van der Waals surface area contributed by atoms with Crippen LogP contribution in [0.4, 0.5) is 0 Å². The normalized spacial score (nSPS) is 21.2. The number of ether oxygens (including phenoxy) is 1. The van der Waals surface area contributed by atoms with E-state index in [0.29, 0.717) is 13.2 Å². The van der Waals surface area contributed by atoms with Gasteiger partial charge in [-0.05, 0) is 12.5 Å². The molecule has 6 nitrogen and oxygen atoms in total. The number of carboxylic acids is 1. The number of morpholine rings is 1. The standard InChI is InChI=1S/C17H17NO5/c1-11-8-18(14(10-22-11)12-5-3-2-4-6-12)16(19)15-7-13(9-23-15)17(20)21/h2-7,9,11,14H,8,10H2,1H3,(H,20,21). The highest BCUT2D eigenvalue weighted by molar-refractivity contribution is 5.95. The van der Waals surface area contributed by atoms with Crippen LogP contribution in [0.25, 0.3) is 0 Å². The van der Waals surface area contributed by atoms with Crippen molar-refractivity contribution in [1.82, 2.24) is 4.90 Å². The molecular weight excluding hydrogens is 298 g/mol. The van der Waals surface area contributed by atoms with E-state index in [1.807, 2.05) is 37.3 Å². The van der Waals surface area contributed by atoms with E-state index in [0.717, 1.165) is 11.8 Å². The van der Waals surface area contributed by atoms with Gasteiger partial charge in [0, 0.05) is 12.6 Å². The van der Waals surface area contributed by atoms with Gasteiger partial charge in [0.05, 0.1) is 24.3 Å². The molecule has 2 heterocycles. The molecule has 0 radical (unpaired) electrons. The van der Waals surface area contributed by atoms with E-state index in [9.17, 15) is 9.59 Å². The maximum Gasteiger partial charge on any atom is 0.338 e. The Morgan fingerprint density at radius 3 is 2.65 bits per heavy atom. The Morgan fingerprint density at radius 1 is 1.26 bits per heavy atom. The van der Waals surface area contributed by atoms with E-state index in [4.69, 9.17) is 14.3 Å². The monoisotopic (exact) mass is 315 g/mol. The summed E-state index contributed by atoms with van der Waals surface area (Å²) in [6, 6.07) is 10.6. The van der Waals surface area contributed by atoms with Crippen LogP contribution in [0.1, 0.15) is 39.4 Å². The minimum Gasteiger partial charge on any atom is -0.478 e. The number of hydrogen-bond acceptors (Lipinski definition) is 4. The lowest BCUT2D eigenvalue weighted by atomic mass is 10.0. The summed E-state index contributed by atoms with van der Waals surface area (Å²) >= 11 is 0. The Morgan fingerprint density at radius 2 is 2.00 bits per heavy atom. The molecule has 1 aromatic heterocycles. The smallest absolute Gasteiger partial charge is 0.338 e. The van der Waals surface area contributed by atoms with Crippen molar-refractivity contribution < 1.29 is 23.8 Å². The summed E-state index contributed by atoms with van der Waals surface area (Å²) in [5.74, 6) is -1.43. The van der Waals surface area contributed by atoms with Gasteiger partial charge in [-0.1, -0.05) is 30.3 Å².